The van der Waals surface area contributed by atoms with Gasteiger partial charge in [-0.15, -0.1) is 0 Å². The van der Waals surface area contributed by atoms with Crippen molar-refractivity contribution in [2.24, 2.45) is 5.92 Å². The first-order valence-corrected chi connectivity index (χ1v) is 7.78. The van der Waals surface area contributed by atoms with E-state index in [0.717, 1.165) is 11.4 Å². The van der Waals surface area contributed by atoms with Gasteiger partial charge in [0.25, 0.3) is 0 Å². The van der Waals surface area contributed by atoms with Crippen molar-refractivity contribution in [1.29, 1.82) is 0 Å². The van der Waals surface area contributed by atoms with E-state index in [-0.39, 0.29) is 6.04 Å². The summed E-state index contributed by atoms with van der Waals surface area (Å²) in [6.07, 6.45) is 2.49. The molecule has 1 aliphatic carbocycles. The third-order valence-electron chi connectivity index (χ3n) is 3.81. The molecule has 21 heavy (non-hydrogen) atoms. The van der Waals surface area contributed by atoms with E-state index in [1.807, 2.05) is 24.3 Å². The number of rotatable bonds is 5. The van der Waals surface area contributed by atoms with Gasteiger partial charge in [0.2, 0.25) is 0 Å². The van der Waals surface area contributed by atoms with Crippen LogP contribution in [0.25, 0.3) is 0 Å². The Bertz CT molecular complexity index is 623. The minimum atomic E-state index is 0.273. The van der Waals surface area contributed by atoms with Crippen molar-refractivity contribution in [3.05, 3.63) is 58.1 Å². The lowest BCUT2D eigenvalue weighted by atomic mass is 10.0. The molecule has 1 fully saturated rings. The fraction of sp³-hybridized carbons (Fsp3) is 0.294. The van der Waals surface area contributed by atoms with Crippen LogP contribution < -0.4 is 10.1 Å². The number of nitrogens with one attached hydrogen (secondary N) is 1. The number of halogens is 2. The van der Waals surface area contributed by atoms with Gasteiger partial charge in [0, 0.05) is 5.02 Å². The lowest BCUT2D eigenvalue weighted by molar-refractivity contribution is 0.414. The largest absolute Gasteiger partial charge is 0.497 e. The van der Waals surface area contributed by atoms with Crippen molar-refractivity contribution in [1.82, 2.24) is 0 Å². The molecule has 3 rings (SSSR count). The zero-order valence-corrected chi connectivity index (χ0v) is 13.3. The van der Waals surface area contributed by atoms with Gasteiger partial charge < -0.3 is 10.1 Å². The van der Waals surface area contributed by atoms with Gasteiger partial charge in [-0.2, -0.15) is 0 Å². The number of methoxy groups -OCH3 is 1. The van der Waals surface area contributed by atoms with Gasteiger partial charge in [-0.25, -0.2) is 0 Å². The summed E-state index contributed by atoms with van der Waals surface area (Å²) in [4.78, 5) is 0. The van der Waals surface area contributed by atoms with Crippen LogP contribution in [0.5, 0.6) is 5.75 Å². The smallest absolute Gasteiger partial charge is 0.118 e. The Balaban J connectivity index is 1.84. The Morgan fingerprint density at radius 2 is 1.81 bits per heavy atom. The van der Waals surface area contributed by atoms with Crippen LogP contribution in [-0.4, -0.2) is 7.11 Å². The SMILES string of the molecule is COc1ccc(C(Nc2ccc(Cl)cc2Cl)C2CC2)cc1. The van der Waals surface area contributed by atoms with Gasteiger partial charge in [-0.3, -0.25) is 0 Å². The number of hydrogen-bond acceptors (Lipinski definition) is 2. The topological polar surface area (TPSA) is 21.3 Å². The maximum absolute atomic E-state index is 6.27. The van der Waals surface area contributed by atoms with Gasteiger partial charge >= 0.3 is 0 Å². The number of anilines is 1. The summed E-state index contributed by atoms with van der Waals surface area (Å²) < 4.78 is 5.22. The second kappa shape index (κ2) is 6.17. The Kier molecular flexibility index (Phi) is 4.27. The van der Waals surface area contributed by atoms with Crippen molar-refractivity contribution in [3.8, 4) is 5.75 Å². The predicted molar refractivity (Wildman–Crippen MR) is 88.5 cm³/mol. The summed E-state index contributed by atoms with van der Waals surface area (Å²) >= 11 is 12.2. The quantitative estimate of drug-likeness (QED) is 0.777. The number of benzene rings is 2. The molecule has 2 nitrogen and oxygen atoms in total. The molecule has 0 spiro atoms. The summed E-state index contributed by atoms with van der Waals surface area (Å²) in [7, 11) is 1.68. The predicted octanol–water partition coefficient (Wildman–Crippen LogP) is 5.57. The van der Waals surface area contributed by atoms with Crippen LogP contribution in [0.15, 0.2) is 42.5 Å². The summed E-state index contributed by atoms with van der Waals surface area (Å²) in [6, 6.07) is 14.0. The van der Waals surface area contributed by atoms with Gasteiger partial charge in [-0.1, -0.05) is 35.3 Å². The molecule has 1 atom stereocenters. The fourth-order valence-electron chi connectivity index (χ4n) is 2.49. The van der Waals surface area contributed by atoms with Gasteiger partial charge in [-0.05, 0) is 54.7 Å². The highest BCUT2D eigenvalue weighted by Gasteiger charge is 2.32. The summed E-state index contributed by atoms with van der Waals surface area (Å²) in [6.45, 7) is 0. The standard InChI is InChI=1S/C17H17Cl2NO/c1-21-14-7-4-12(5-8-14)17(11-2-3-11)20-16-9-6-13(18)10-15(16)19/h4-11,17,20H,2-3H2,1H3. The lowest BCUT2D eigenvalue weighted by Gasteiger charge is -2.21. The van der Waals surface area contributed by atoms with Crippen molar-refractivity contribution >= 4 is 28.9 Å². The number of ether oxygens (including phenoxy) is 1. The molecular weight excluding hydrogens is 305 g/mol. The highest BCUT2D eigenvalue weighted by atomic mass is 35.5. The van der Waals surface area contributed by atoms with Crippen LogP contribution in [-0.2, 0) is 0 Å². The fourth-order valence-corrected chi connectivity index (χ4v) is 2.95. The van der Waals surface area contributed by atoms with E-state index in [4.69, 9.17) is 27.9 Å². The van der Waals surface area contributed by atoms with Crippen molar-refractivity contribution in [2.75, 3.05) is 12.4 Å². The van der Waals surface area contributed by atoms with Gasteiger partial charge in [0.15, 0.2) is 0 Å². The molecule has 0 aromatic heterocycles. The molecule has 1 unspecified atom stereocenters. The molecule has 0 heterocycles. The molecule has 0 radical (unpaired) electrons. The Hall–Kier alpha value is -1.38. The van der Waals surface area contributed by atoms with Crippen LogP contribution >= 0.6 is 23.2 Å². The van der Waals surface area contributed by atoms with Crippen molar-refractivity contribution in [3.63, 3.8) is 0 Å². The van der Waals surface area contributed by atoms with Crippen LogP contribution in [0.3, 0.4) is 0 Å². The van der Waals surface area contributed by atoms with E-state index >= 15 is 0 Å². The average molecular weight is 322 g/mol. The minimum Gasteiger partial charge on any atom is -0.497 e. The monoisotopic (exact) mass is 321 g/mol. The van der Waals surface area contributed by atoms with Gasteiger partial charge in [0.05, 0.1) is 23.9 Å². The van der Waals surface area contributed by atoms with Crippen LogP contribution in [0.1, 0.15) is 24.4 Å². The Labute approximate surface area is 135 Å². The highest BCUT2D eigenvalue weighted by Crippen LogP contribution is 2.44. The number of hydrogen-bond donors (Lipinski definition) is 1. The molecule has 0 saturated heterocycles. The van der Waals surface area contributed by atoms with Crippen molar-refractivity contribution in [2.45, 2.75) is 18.9 Å². The molecule has 0 amide bonds. The molecule has 1 saturated carbocycles. The second-order valence-corrected chi connectivity index (χ2v) is 6.20. The highest BCUT2D eigenvalue weighted by molar-refractivity contribution is 6.36. The first-order chi connectivity index (χ1) is 10.2. The van der Waals surface area contributed by atoms with Crippen molar-refractivity contribution < 1.29 is 4.74 Å². The van der Waals surface area contributed by atoms with E-state index < -0.39 is 0 Å². The third-order valence-corrected chi connectivity index (χ3v) is 4.36. The van der Waals surface area contributed by atoms with Crippen LogP contribution in [0, 0.1) is 5.92 Å². The van der Waals surface area contributed by atoms with E-state index in [9.17, 15) is 0 Å². The lowest BCUT2D eigenvalue weighted by Crippen LogP contribution is -2.13. The molecule has 1 aliphatic rings. The van der Waals surface area contributed by atoms with E-state index in [0.29, 0.717) is 16.0 Å². The molecule has 4 heteroatoms. The normalized spacial score (nSPS) is 15.6. The zero-order chi connectivity index (χ0) is 14.8. The molecule has 0 bridgehead atoms. The maximum Gasteiger partial charge on any atom is 0.118 e. The van der Waals surface area contributed by atoms with Crippen LogP contribution in [0.4, 0.5) is 5.69 Å². The summed E-state index contributed by atoms with van der Waals surface area (Å²) in [5.74, 6) is 1.53. The molecule has 1 N–H and O–H groups in total. The first-order valence-electron chi connectivity index (χ1n) is 7.03. The Morgan fingerprint density at radius 1 is 1.10 bits per heavy atom. The molecule has 2 aromatic rings. The van der Waals surface area contributed by atoms with Crippen LogP contribution in [0.2, 0.25) is 10.0 Å². The minimum absolute atomic E-state index is 0.273. The second-order valence-electron chi connectivity index (χ2n) is 5.36. The average Bonchev–Trinajstić information content (AvgIpc) is 3.31. The summed E-state index contributed by atoms with van der Waals surface area (Å²) in [5, 5.41) is 4.86. The maximum atomic E-state index is 6.27. The van der Waals surface area contributed by atoms with E-state index in [1.165, 1.54) is 18.4 Å². The zero-order valence-electron chi connectivity index (χ0n) is 11.8. The summed E-state index contributed by atoms with van der Waals surface area (Å²) in [5.41, 5.74) is 2.18. The molecule has 110 valence electrons. The third kappa shape index (κ3) is 3.45. The Morgan fingerprint density at radius 3 is 2.38 bits per heavy atom. The molecular formula is C17H17Cl2NO. The molecule has 2 aromatic carbocycles. The van der Waals surface area contributed by atoms with E-state index in [1.54, 1.807) is 13.2 Å². The van der Waals surface area contributed by atoms with Gasteiger partial charge in [0.1, 0.15) is 5.75 Å². The van der Waals surface area contributed by atoms with E-state index in [2.05, 4.69) is 17.4 Å². The molecule has 0 aliphatic heterocycles. The first kappa shape index (κ1) is 14.6.